The van der Waals surface area contributed by atoms with Crippen molar-refractivity contribution < 1.29 is 63.5 Å². The first kappa shape index (κ1) is 42.2. The van der Waals surface area contributed by atoms with Crippen molar-refractivity contribution in [1.29, 1.82) is 0 Å². The van der Waals surface area contributed by atoms with Gasteiger partial charge >= 0.3 is 40.0 Å². The Balaban J connectivity index is -0.00000121. The molecule has 0 radical (unpaired) electrons. The standard InChI is InChI=1S/C30H46O.C2H6O2.Na.H2O4S.H/c1-3-5-7-9-11-13-15-21-27-23-17-19-25-29(27)31-30-26-20-18-24-28(30)22-16-14-12-10-8-6-4-2;3-1-2-4;;1-5(2,3)4;/h17-20,23-26H,3-16,21-22H2,1-2H3;3-4H,1-2H2;;(H2,1,2,3,4);/q;;+1;;-1. The Morgan fingerprint density at radius 2 is 0.878 bits per heavy atom. The van der Waals surface area contributed by atoms with Gasteiger partial charge in [0.1, 0.15) is 11.5 Å². The fraction of sp³-hybridized carbons (Fsp3) is 0.625. The van der Waals surface area contributed by atoms with Crippen molar-refractivity contribution in [1.82, 2.24) is 0 Å². The summed E-state index contributed by atoms with van der Waals surface area (Å²) in [6, 6.07) is 17.3. The Kier molecular flexibility index (Phi) is 29.9. The van der Waals surface area contributed by atoms with Gasteiger partial charge in [0, 0.05) is 0 Å². The number of para-hydroxylation sites is 2. The predicted octanol–water partition coefficient (Wildman–Crippen LogP) is 5.50. The van der Waals surface area contributed by atoms with Gasteiger partial charge in [0.05, 0.1) is 13.2 Å². The quantitative estimate of drug-likeness (QED) is 0.0946. The Bertz CT molecular complexity index is 892. The second kappa shape index (κ2) is 29.1. The summed E-state index contributed by atoms with van der Waals surface area (Å²) in [7, 11) is -4.67. The van der Waals surface area contributed by atoms with Gasteiger partial charge in [-0.3, -0.25) is 9.11 Å². The topological polar surface area (TPSA) is 124 Å². The van der Waals surface area contributed by atoms with Crippen LogP contribution >= 0.6 is 0 Å². The smallest absolute Gasteiger partial charge is 1.00 e. The van der Waals surface area contributed by atoms with E-state index in [1.165, 1.54) is 101 Å². The van der Waals surface area contributed by atoms with E-state index >= 15 is 0 Å². The van der Waals surface area contributed by atoms with Gasteiger partial charge in [-0.15, -0.1) is 0 Å². The normalized spacial score (nSPS) is 10.5. The maximum Gasteiger partial charge on any atom is 1.00 e. The van der Waals surface area contributed by atoms with Crippen molar-refractivity contribution in [2.45, 2.75) is 117 Å². The van der Waals surface area contributed by atoms with Crippen molar-refractivity contribution in [3.05, 3.63) is 59.7 Å². The summed E-state index contributed by atoms with van der Waals surface area (Å²) in [5.41, 5.74) is 2.70. The molecule has 0 aromatic heterocycles. The van der Waals surface area contributed by atoms with Crippen LogP contribution in [0.4, 0.5) is 0 Å². The van der Waals surface area contributed by atoms with Crippen molar-refractivity contribution in [2.24, 2.45) is 0 Å². The van der Waals surface area contributed by atoms with Crippen molar-refractivity contribution in [3.8, 4) is 11.5 Å². The van der Waals surface area contributed by atoms with Crippen LogP contribution in [0.3, 0.4) is 0 Å². The maximum absolute atomic E-state index is 8.74. The summed E-state index contributed by atoms with van der Waals surface area (Å²) in [6.45, 7) is 4.31. The van der Waals surface area contributed by atoms with Crippen LogP contribution < -0.4 is 34.3 Å². The van der Waals surface area contributed by atoms with E-state index in [1.807, 2.05) is 0 Å². The Morgan fingerprint density at radius 1 is 0.585 bits per heavy atom. The molecule has 0 heterocycles. The first-order chi connectivity index (χ1) is 19.3. The number of ether oxygens (including phenoxy) is 1. The van der Waals surface area contributed by atoms with Gasteiger partial charge < -0.3 is 16.4 Å². The molecule has 0 aliphatic carbocycles. The molecule has 0 saturated heterocycles. The molecule has 0 fully saturated rings. The number of benzene rings is 2. The first-order valence-electron chi connectivity index (χ1n) is 15.0. The number of hydrogen-bond donors (Lipinski definition) is 4. The molecule has 0 aliphatic rings. The first-order valence-corrected chi connectivity index (χ1v) is 16.4. The van der Waals surface area contributed by atoms with E-state index in [-0.39, 0.29) is 44.2 Å². The molecule has 0 unspecified atom stereocenters. The fourth-order valence-electron chi connectivity index (χ4n) is 4.28. The number of aliphatic hydroxyl groups excluding tert-OH is 2. The van der Waals surface area contributed by atoms with Crippen LogP contribution in [0.1, 0.15) is 116 Å². The second-order valence-electron chi connectivity index (χ2n) is 9.96. The maximum atomic E-state index is 8.74. The molecular formula is C32H55NaO7S. The van der Waals surface area contributed by atoms with Crippen molar-refractivity contribution >= 4 is 10.4 Å². The molecule has 7 nitrogen and oxygen atoms in total. The van der Waals surface area contributed by atoms with Crippen molar-refractivity contribution in [3.63, 3.8) is 0 Å². The molecule has 2 rings (SSSR count). The van der Waals surface area contributed by atoms with Gasteiger partial charge in [0.25, 0.3) is 0 Å². The van der Waals surface area contributed by atoms with E-state index in [4.69, 9.17) is 32.5 Å². The monoisotopic (exact) mass is 606 g/mol. The Morgan fingerprint density at radius 3 is 1.20 bits per heavy atom. The summed E-state index contributed by atoms with van der Waals surface area (Å²) in [5, 5.41) is 15.2. The van der Waals surface area contributed by atoms with Gasteiger partial charge in [-0.1, -0.05) is 127 Å². The largest absolute Gasteiger partial charge is 1.00 e. The van der Waals surface area contributed by atoms with Crippen LogP contribution in [0.25, 0.3) is 0 Å². The van der Waals surface area contributed by atoms with Crippen LogP contribution in [0.5, 0.6) is 11.5 Å². The summed E-state index contributed by atoms with van der Waals surface area (Å²) in [6.07, 6.45) is 21.1. The van der Waals surface area contributed by atoms with Gasteiger partial charge in [0.15, 0.2) is 0 Å². The number of unbranched alkanes of at least 4 members (excludes halogenated alkanes) is 12. The molecule has 0 spiro atoms. The third-order valence-corrected chi connectivity index (χ3v) is 6.36. The molecule has 0 aliphatic heterocycles. The zero-order chi connectivity index (χ0) is 29.9. The van der Waals surface area contributed by atoms with Crippen LogP contribution in [0.2, 0.25) is 0 Å². The molecular weight excluding hydrogens is 551 g/mol. The average Bonchev–Trinajstić information content (AvgIpc) is 2.93. The summed E-state index contributed by atoms with van der Waals surface area (Å²) in [4.78, 5) is 0. The van der Waals surface area contributed by atoms with E-state index in [0.29, 0.717) is 0 Å². The molecule has 4 N–H and O–H groups in total. The minimum atomic E-state index is -4.67. The summed E-state index contributed by atoms with van der Waals surface area (Å²) in [5.74, 6) is 2.08. The molecule has 2 aromatic rings. The SMILES string of the molecule is CCCCCCCCCc1ccccc1Oc1ccccc1CCCCCCCCC.O=S(=O)(O)O.OCCO.[H-].[Na+]. The molecule has 9 heteroatoms. The molecule has 0 saturated carbocycles. The van der Waals surface area contributed by atoms with E-state index in [9.17, 15) is 0 Å². The number of rotatable bonds is 19. The van der Waals surface area contributed by atoms with Crippen LogP contribution in [0.15, 0.2) is 48.5 Å². The van der Waals surface area contributed by atoms with E-state index in [1.54, 1.807) is 0 Å². The van der Waals surface area contributed by atoms with Gasteiger partial charge in [-0.2, -0.15) is 8.42 Å². The fourth-order valence-corrected chi connectivity index (χ4v) is 4.28. The van der Waals surface area contributed by atoms with Gasteiger partial charge in [0.2, 0.25) is 0 Å². The average molecular weight is 607 g/mol. The summed E-state index contributed by atoms with van der Waals surface area (Å²) >= 11 is 0. The molecule has 0 atom stereocenters. The zero-order valence-electron chi connectivity index (χ0n) is 26.8. The number of aliphatic hydroxyl groups is 2. The van der Waals surface area contributed by atoms with Crippen LogP contribution in [-0.2, 0) is 23.2 Å². The molecule has 232 valence electrons. The molecule has 41 heavy (non-hydrogen) atoms. The van der Waals surface area contributed by atoms with Crippen LogP contribution in [-0.4, -0.2) is 41.0 Å². The van der Waals surface area contributed by atoms with E-state index in [0.717, 1.165) is 24.3 Å². The van der Waals surface area contributed by atoms with E-state index < -0.39 is 10.4 Å². The minimum Gasteiger partial charge on any atom is -1.00 e. The van der Waals surface area contributed by atoms with Gasteiger partial charge in [-0.25, -0.2) is 0 Å². The predicted molar refractivity (Wildman–Crippen MR) is 166 cm³/mol. The molecule has 0 amide bonds. The zero-order valence-corrected chi connectivity index (χ0v) is 28.6. The summed E-state index contributed by atoms with van der Waals surface area (Å²) < 4.78 is 38.0. The Labute approximate surface area is 273 Å². The number of hydrogen-bond acceptors (Lipinski definition) is 5. The van der Waals surface area contributed by atoms with Crippen LogP contribution in [0, 0.1) is 0 Å². The van der Waals surface area contributed by atoms with Gasteiger partial charge in [-0.05, 0) is 48.9 Å². The molecule has 0 bridgehead atoms. The Hall–Kier alpha value is -0.970. The minimum absolute atomic E-state index is 0. The van der Waals surface area contributed by atoms with E-state index in [2.05, 4.69) is 62.4 Å². The number of aryl methyl sites for hydroxylation is 2. The second-order valence-corrected chi connectivity index (χ2v) is 10.9. The van der Waals surface area contributed by atoms with Crippen molar-refractivity contribution in [2.75, 3.05) is 13.2 Å². The third kappa shape index (κ3) is 27.6. The molecule has 2 aromatic carbocycles. The third-order valence-electron chi connectivity index (χ3n) is 6.36.